The predicted molar refractivity (Wildman–Crippen MR) is 75.2 cm³/mol. The van der Waals surface area contributed by atoms with Crippen molar-refractivity contribution in [3.8, 4) is 0 Å². The van der Waals surface area contributed by atoms with Gasteiger partial charge in [-0.05, 0) is 6.92 Å². The van der Waals surface area contributed by atoms with E-state index in [1.807, 2.05) is 6.92 Å². The van der Waals surface area contributed by atoms with Crippen molar-refractivity contribution in [2.75, 3.05) is 24.8 Å². The molecule has 0 spiro atoms. The number of hydrogen-bond acceptors (Lipinski definition) is 6. The first kappa shape index (κ1) is 15.6. The fourth-order valence-corrected chi connectivity index (χ4v) is 2.08. The molecule has 0 atom stereocenters. The molecule has 0 radical (unpaired) electrons. The minimum absolute atomic E-state index is 0.0710. The molecule has 21 heavy (non-hydrogen) atoms. The zero-order valence-electron chi connectivity index (χ0n) is 11.3. The maximum atomic E-state index is 11.8. The summed E-state index contributed by atoms with van der Waals surface area (Å²) in [5, 5.41) is 2.90. The summed E-state index contributed by atoms with van der Waals surface area (Å²) >= 11 is 0. The molecular weight excluding hydrogens is 301 g/mol. The van der Waals surface area contributed by atoms with Crippen molar-refractivity contribution in [1.82, 2.24) is 19.5 Å². The Morgan fingerprint density at radius 2 is 2.29 bits per heavy atom. The fraction of sp³-hybridized carbons (Fsp3) is 0.500. The van der Waals surface area contributed by atoms with Gasteiger partial charge in [0.2, 0.25) is 5.95 Å². The van der Waals surface area contributed by atoms with E-state index in [2.05, 4.69) is 20.3 Å². The number of ether oxygens (including phenoxy) is 1. The van der Waals surface area contributed by atoms with Crippen LogP contribution in [-0.2, 0) is 15.8 Å². The van der Waals surface area contributed by atoms with Gasteiger partial charge in [-0.15, -0.1) is 0 Å². The Labute approximate surface area is 119 Å². The SMILES string of the molecule is CCNc1nc2c(ncn2CCOCP(=O)(O)O)c(=O)[nH]1. The van der Waals surface area contributed by atoms with Gasteiger partial charge in [0, 0.05) is 13.1 Å². The van der Waals surface area contributed by atoms with E-state index >= 15 is 0 Å². The van der Waals surface area contributed by atoms with Crippen LogP contribution in [0.3, 0.4) is 0 Å². The van der Waals surface area contributed by atoms with Crippen LogP contribution in [0, 0.1) is 0 Å². The molecule has 0 bridgehead atoms. The summed E-state index contributed by atoms with van der Waals surface area (Å²) in [7, 11) is -4.17. The number of fused-ring (bicyclic) bond motifs is 1. The molecule has 11 heteroatoms. The van der Waals surface area contributed by atoms with Crippen molar-refractivity contribution in [1.29, 1.82) is 0 Å². The highest BCUT2D eigenvalue weighted by atomic mass is 31.2. The van der Waals surface area contributed by atoms with E-state index in [4.69, 9.17) is 14.5 Å². The van der Waals surface area contributed by atoms with Crippen molar-refractivity contribution >= 4 is 24.7 Å². The second-order valence-corrected chi connectivity index (χ2v) is 5.84. The van der Waals surface area contributed by atoms with Crippen molar-refractivity contribution in [3.63, 3.8) is 0 Å². The van der Waals surface area contributed by atoms with Crippen LogP contribution in [0.25, 0.3) is 11.2 Å². The molecule has 0 unspecified atom stereocenters. The normalized spacial score (nSPS) is 12.0. The number of rotatable bonds is 7. The Kier molecular flexibility index (Phi) is 4.73. The van der Waals surface area contributed by atoms with Gasteiger partial charge in [-0.3, -0.25) is 14.3 Å². The molecule has 10 nitrogen and oxygen atoms in total. The summed E-state index contributed by atoms with van der Waals surface area (Å²) in [6.07, 6.45) is 0.791. The van der Waals surface area contributed by atoms with Crippen molar-refractivity contribution in [3.05, 3.63) is 16.7 Å². The van der Waals surface area contributed by atoms with Crippen molar-refractivity contribution in [2.45, 2.75) is 13.5 Å². The first-order chi connectivity index (χ1) is 9.90. The number of hydrogen-bond donors (Lipinski definition) is 4. The smallest absolute Gasteiger partial charge is 0.350 e. The average molecular weight is 317 g/mol. The molecular formula is C10H16N5O5P. The van der Waals surface area contributed by atoms with Gasteiger partial charge >= 0.3 is 7.60 Å². The lowest BCUT2D eigenvalue weighted by Gasteiger charge is -2.07. The summed E-state index contributed by atoms with van der Waals surface area (Å²) in [4.78, 5) is 39.9. The zero-order chi connectivity index (χ0) is 15.5. The largest absolute Gasteiger partial charge is 0.367 e. The number of nitrogens with one attached hydrogen (secondary N) is 2. The van der Waals surface area contributed by atoms with Crippen LogP contribution < -0.4 is 10.9 Å². The highest BCUT2D eigenvalue weighted by molar-refractivity contribution is 7.51. The fourth-order valence-electron chi connectivity index (χ4n) is 1.71. The Balaban J connectivity index is 2.13. The van der Waals surface area contributed by atoms with Gasteiger partial charge in [-0.25, -0.2) is 4.98 Å². The highest BCUT2D eigenvalue weighted by Crippen LogP contribution is 2.33. The van der Waals surface area contributed by atoms with Gasteiger partial charge in [-0.1, -0.05) is 0 Å². The molecule has 0 aromatic carbocycles. The van der Waals surface area contributed by atoms with E-state index in [9.17, 15) is 9.36 Å². The summed E-state index contributed by atoms with van der Waals surface area (Å²) in [5.41, 5.74) is 0.229. The van der Waals surface area contributed by atoms with Gasteiger partial charge in [-0.2, -0.15) is 4.98 Å². The van der Waals surface area contributed by atoms with Gasteiger partial charge < -0.3 is 24.4 Å². The van der Waals surface area contributed by atoms with Crippen LogP contribution in [0.5, 0.6) is 0 Å². The molecule has 0 saturated carbocycles. The monoisotopic (exact) mass is 317 g/mol. The maximum absolute atomic E-state index is 11.8. The van der Waals surface area contributed by atoms with Crippen LogP contribution in [0.15, 0.2) is 11.1 Å². The molecule has 2 aromatic rings. The van der Waals surface area contributed by atoms with E-state index < -0.39 is 13.9 Å². The number of aromatic nitrogens is 4. The third-order valence-electron chi connectivity index (χ3n) is 2.56. The van der Waals surface area contributed by atoms with E-state index in [0.29, 0.717) is 18.1 Å². The highest BCUT2D eigenvalue weighted by Gasteiger charge is 2.13. The van der Waals surface area contributed by atoms with Gasteiger partial charge in [0.25, 0.3) is 5.56 Å². The lowest BCUT2D eigenvalue weighted by atomic mass is 10.5. The van der Waals surface area contributed by atoms with Gasteiger partial charge in [0.1, 0.15) is 6.35 Å². The Hall–Kier alpha value is -1.74. The Morgan fingerprint density at radius 1 is 1.52 bits per heavy atom. The van der Waals surface area contributed by atoms with Crippen LogP contribution in [-0.4, -0.2) is 48.8 Å². The quantitative estimate of drug-likeness (QED) is 0.403. The lowest BCUT2D eigenvalue weighted by Crippen LogP contribution is -2.14. The molecule has 0 fully saturated rings. The number of imidazole rings is 1. The zero-order valence-corrected chi connectivity index (χ0v) is 12.2. The van der Waals surface area contributed by atoms with E-state index in [-0.39, 0.29) is 24.2 Å². The second-order valence-electron chi connectivity index (χ2n) is 4.26. The van der Waals surface area contributed by atoms with Crippen molar-refractivity contribution < 1.29 is 19.1 Å². The molecule has 2 aromatic heterocycles. The van der Waals surface area contributed by atoms with Gasteiger partial charge in [0.05, 0.1) is 12.9 Å². The third kappa shape index (κ3) is 4.11. The van der Waals surface area contributed by atoms with Crippen LogP contribution in [0.2, 0.25) is 0 Å². The number of H-pyrrole nitrogens is 1. The number of nitrogens with zero attached hydrogens (tertiary/aromatic N) is 3. The molecule has 0 aliphatic carbocycles. The summed E-state index contributed by atoms with van der Waals surface area (Å²) in [6, 6.07) is 0. The number of anilines is 1. The average Bonchev–Trinajstić information content (AvgIpc) is 2.78. The predicted octanol–water partition coefficient (Wildman–Crippen LogP) is -0.297. The van der Waals surface area contributed by atoms with E-state index in [0.717, 1.165) is 0 Å². The van der Waals surface area contributed by atoms with E-state index in [1.165, 1.54) is 6.33 Å². The summed E-state index contributed by atoms with van der Waals surface area (Å²) < 4.78 is 17.1. The molecule has 0 saturated heterocycles. The van der Waals surface area contributed by atoms with Gasteiger partial charge in [0.15, 0.2) is 11.2 Å². The molecule has 2 rings (SSSR count). The van der Waals surface area contributed by atoms with Crippen LogP contribution in [0.4, 0.5) is 5.95 Å². The topological polar surface area (TPSA) is 142 Å². The minimum atomic E-state index is -4.17. The molecule has 0 aliphatic heterocycles. The molecule has 4 N–H and O–H groups in total. The third-order valence-corrected chi connectivity index (χ3v) is 3.07. The second kappa shape index (κ2) is 6.35. The molecule has 0 amide bonds. The summed E-state index contributed by atoms with van der Waals surface area (Å²) in [5.74, 6) is 0.341. The van der Waals surface area contributed by atoms with Crippen molar-refractivity contribution in [2.24, 2.45) is 0 Å². The maximum Gasteiger partial charge on any atom is 0.350 e. The van der Waals surface area contributed by atoms with E-state index in [1.54, 1.807) is 4.57 Å². The lowest BCUT2D eigenvalue weighted by molar-refractivity contribution is 0.149. The van der Waals surface area contributed by atoms with Crippen LogP contribution >= 0.6 is 7.60 Å². The standard InChI is InChI=1S/C10H16N5O5P/c1-2-11-10-13-8-7(9(16)14-10)12-5-15(8)3-4-20-6-21(17,18)19/h5H,2-4,6H2,1H3,(H2,17,18,19)(H2,11,13,14,16). The number of aromatic amines is 1. The molecule has 0 aliphatic rings. The minimum Gasteiger partial charge on any atom is -0.367 e. The summed E-state index contributed by atoms with van der Waals surface area (Å²) in [6.45, 7) is 2.82. The Morgan fingerprint density at radius 3 is 2.95 bits per heavy atom. The first-order valence-corrected chi connectivity index (χ1v) is 8.02. The molecule has 2 heterocycles. The Bertz CT molecular complexity index is 720. The first-order valence-electron chi connectivity index (χ1n) is 6.22. The van der Waals surface area contributed by atoms with Crippen LogP contribution in [0.1, 0.15) is 6.92 Å². The molecule has 116 valence electrons.